The van der Waals surface area contributed by atoms with Gasteiger partial charge in [-0.1, -0.05) is 23.8 Å². The largest absolute Gasteiger partial charge is 0.442 e. The molecule has 2 amide bonds. The van der Waals surface area contributed by atoms with Crippen LogP contribution in [-0.4, -0.2) is 55.6 Å². The van der Waals surface area contributed by atoms with Crippen molar-refractivity contribution in [2.75, 3.05) is 13.7 Å². The molecule has 34 heavy (non-hydrogen) atoms. The molecule has 0 aromatic rings. The number of hydrogen-bond acceptors (Lipinski definition) is 5. The van der Waals surface area contributed by atoms with Crippen LogP contribution in [0.2, 0.25) is 0 Å². The first-order valence-corrected chi connectivity index (χ1v) is 12.6. The first-order chi connectivity index (χ1) is 16.0. The SMILES string of the molecule is CNC(=O)OC(C)C=CC(=O)NC1CCC(CC=C(C)C=CC(CC2CO2)OC(C)(C)C)CC1. The Morgan fingerprint density at radius 3 is 2.38 bits per heavy atom. The summed E-state index contributed by atoms with van der Waals surface area (Å²) in [5, 5.41) is 5.45. The van der Waals surface area contributed by atoms with Gasteiger partial charge in [0.25, 0.3) is 0 Å². The molecule has 192 valence electrons. The number of carbonyl (C=O) groups excluding carboxylic acids is 2. The van der Waals surface area contributed by atoms with Crippen molar-refractivity contribution in [1.29, 1.82) is 0 Å². The highest BCUT2D eigenvalue weighted by atomic mass is 16.6. The van der Waals surface area contributed by atoms with Crippen molar-refractivity contribution < 1.29 is 23.8 Å². The topological polar surface area (TPSA) is 89.2 Å². The van der Waals surface area contributed by atoms with E-state index in [-0.39, 0.29) is 23.7 Å². The zero-order chi connectivity index (χ0) is 25.1. The Labute approximate surface area is 205 Å². The lowest BCUT2D eigenvalue weighted by molar-refractivity contribution is -0.117. The molecular weight excluding hydrogens is 432 g/mol. The lowest BCUT2D eigenvalue weighted by Gasteiger charge is -2.28. The molecule has 0 radical (unpaired) electrons. The Balaban J connectivity index is 1.71. The lowest BCUT2D eigenvalue weighted by Crippen LogP contribution is -2.36. The maximum absolute atomic E-state index is 12.2. The fourth-order valence-corrected chi connectivity index (χ4v) is 4.04. The molecule has 2 fully saturated rings. The van der Waals surface area contributed by atoms with Gasteiger partial charge >= 0.3 is 6.09 Å². The third-order valence-electron chi connectivity index (χ3n) is 5.96. The number of nitrogens with one attached hydrogen (secondary N) is 2. The Morgan fingerprint density at radius 2 is 1.79 bits per heavy atom. The van der Waals surface area contributed by atoms with Crippen LogP contribution in [0.5, 0.6) is 0 Å². The average molecular weight is 477 g/mol. The molecule has 1 saturated carbocycles. The van der Waals surface area contributed by atoms with Crippen LogP contribution in [0.4, 0.5) is 4.79 Å². The summed E-state index contributed by atoms with van der Waals surface area (Å²) < 4.78 is 16.6. The van der Waals surface area contributed by atoms with Gasteiger partial charge in [0, 0.05) is 25.6 Å². The van der Waals surface area contributed by atoms with Crippen molar-refractivity contribution >= 4 is 12.0 Å². The van der Waals surface area contributed by atoms with Crippen molar-refractivity contribution in [3.8, 4) is 0 Å². The zero-order valence-corrected chi connectivity index (χ0v) is 21.8. The number of rotatable bonds is 11. The Morgan fingerprint density at radius 1 is 1.12 bits per heavy atom. The van der Waals surface area contributed by atoms with Crippen LogP contribution in [0.1, 0.15) is 73.1 Å². The first kappa shape index (κ1) is 28.1. The highest BCUT2D eigenvalue weighted by molar-refractivity contribution is 5.87. The summed E-state index contributed by atoms with van der Waals surface area (Å²) in [6, 6.07) is 0.202. The maximum Gasteiger partial charge on any atom is 0.407 e. The second kappa shape index (κ2) is 13.7. The zero-order valence-electron chi connectivity index (χ0n) is 21.8. The summed E-state index contributed by atoms with van der Waals surface area (Å²) in [6.45, 7) is 11.0. The van der Waals surface area contributed by atoms with Crippen LogP contribution in [0, 0.1) is 5.92 Å². The fourth-order valence-electron chi connectivity index (χ4n) is 4.04. The first-order valence-electron chi connectivity index (χ1n) is 12.6. The number of amides is 2. The van der Waals surface area contributed by atoms with E-state index in [1.807, 2.05) is 0 Å². The molecule has 1 aliphatic heterocycles. The molecule has 7 nitrogen and oxygen atoms in total. The smallest absolute Gasteiger partial charge is 0.407 e. The standard InChI is InChI=1S/C27H44N2O5/c1-19(8-15-23(17-24-18-32-24)34-27(3,4)5)7-10-21-11-13-22(14-12-21)29-25(30)16-9-20(2)33-26(31)28-6/h7-9,15-16,20-24H,10-14,17-18H2,1-6H3,(H,28,31)(H,29,30). The minimum atomic E-state index is -0.512. The Hall–Kier alpha value is -2.12. The molecule has 2 N–H and O–H groups in total. The molecule has 2 rings (SSSR count). The second-order valence-corrected chi connectivity index (χ2v) is 10.4. The van der Waals surface area contributed by atoms with Crippen LogP contribution >= 0.6 is 0 Å². The highest BCUT2D eigenvalue weighted by Gasteiger charge is 2.28. The van der Waals surface area contributed by atoms with Gasteiger partial charge in [0.15, 0.2) is 0 Å². The molecule has 2 aliphatic rings. The van der Waals surface area contributed by atoms with Gasteiger partial charge in [0.1, 0.15) is 6.10 Å². The molecular formula is C27H44N2O5. The van der Waals surface area contributed by atoms with Crippen molar-refractivity contribution in [3.05, 3.63) is 36.0 Å². The van der Waals surface area contributed by atoms with Crippen LogP contribution in [0.15, 0.2) is 36.0 Å². The van der Waals surface area contributed by atoms with Crippen molar-refractivity contribution in [3.63, 3.8) is 0 Å². The predicted octanol–water partition coefficient (Wildman–Crippen LogP) is 4.83. The summed E-state index contributed by atoms with van der Waals surface area (Å²) in [7, 11) is 1.50. The number of hydrogen-bond donors (Lipinski definition) is 2. The summed E-state index contributed by atoms with van der Waals surface area (Å²) in [5.74, 6) is 0.509. The molecule has 0 bridgehead atoms. The lowest BCUT2D eigenvalue weighted by atomic mass is 9.83. The van der Waals surface area contributed by atoms with E-state index in [9.17, 15) is 9.59 Å². The van der Waals surface area contributed by atoms with E-state index in [0.29, 0.717) is 12.0 Å². The van der Waals surface area contributed by atoms with Crippen LogP contribution < -0.4 is 10.6 Å². The molecule has 1 saturated heterocycles. The van der Waals surface area contributed by atoms with Crippen molar-refractivity contribution in [2.24, 2.45) is 5.92 Å². The monoisotopic (exact) mass is 476 g/mol. The van der Waals surface area contributed by atoms with E-state index >= 15 is 0 Å². The van der Waals surface area contributed by atoms with Gasteiger partial charge in [0.2, 0.25) is 5.91 Å². The van der Waals surface area contributed by atoms with Crippen molar-refractivity contribution in [2.45, 2.75) is 103 Å². The molecule has 0 spiro atoms. The number of epoxide rings is 1. The van der Waals surface area contributed by atoms with Gasteiger partial charge in [-0.3, -0.25) is 4.79 Å². The Kier molecular flexibility index (Phi) is 11.3. The van der Waals surface area contributed by atoms with Gasteiger partial charge in [-0.15, -0.1) is 0 Å². The second-order valence-electron chi connectivity index (χ2n) is 10.4. The van der Waals surface area contributed by atoms with Gasteiger partial charge < -0.3 is 24.8 Å². The minimum absolute atomic E-state index is 0.0716. The van der Waals surface area contributed by atoms with E-state index in [1.165, 1.54) is 18.7 Å². The van der Waals surface area contributed by atoms with E-state index in [0.717, 1.165) is 45.1 Å². The van der Waals surface area contributed by atoms with Crippen LogP contribution in [0.3, 0.4) is 0 Å². The third-order valence-corrected chi connectivity index (χ3v) is 5.96. The predicted molar refractivity (Wildman–Crippen MR) is 135 cm³/mol. The van der Waals surface area contributed by atoms with Crippen LogP contribution in [-0.2, 0) is 19.0 Å². The van der Waals surface area contributed by atoms with E-state index in [2.05, 4.69) is 56.6 Å². The molecule has 3 unspecified atom stereocenters. The Bertz CT molecular complexity index is 741. The summed E-state index contributed by atoms with van der Waals surface area (Å²) in [4.78, 5) is 23.3. The summed E-state index contributed by atoms with van der Waals surface area (Å²) >= 11 is 0. The average Bonchev–Trinajstić information content (AvgIpc) is 3.58. The number of carbonyl (C=O) groups is 2. The molecule has 7 heteroatoms. The van der Waals surface area contributed by atoms with Gasteiger partial charge in [-0.05, 0) is 78.7 Å². The molecule has 1 aliphatic carbocycles. The summed E-state index contributed by atoms with van der Waals surface area (Å²) in [6.07, 6.45) is 15.3. The van der Waals surface area contributed by atoms with E-state index in [4.69, 9.17) is 14.2 Å². The summed E-state index contributed by atoms with van der Waals surface area (Å²) in [5.41, 5.74) is 1.08. The van der Waals surface area contributed by atoms with Gasteiger partial charge in [-0.2, -0.15) is 0 Å². The van der Waals surface area contributed by atoms with E-state index in [1.54, 1.807) is 13.0 Å². The van der Waals surface area contributed by atoms with Crippen LogP contribution in [0.25, 0.3) is 0 Å². The minimum Gasteiger partial charge on any atom is -0.442 e. The number of ether oxygens (including phenoxy) is 3. The van der Waals surface area contributed by atoms with Crippen molar-refractivity contribution in [1.82, 2.24) is 10.6 Å². The van der Waals surface area contributed by atoms with E-state index < -0.39 is 12.2 Å². The highest BCUT2D eigenvalue weighted by Crippen LogP contribution is 2.28. The molecule has 1 heterocycles. The maximum atomic E-state index is 12.2. The molecule has 3 atom stereocenters. The third kappa shape index (κ3) is 12.4. The number of alkyl carbamates (subject to hydrolysis) is 1. The normalized spacial score (nSPS) is 25.2. The van der Waals surface area contributed by atoms with Gasteiger partial charge in [-0.25, -0.2) is 4.79 Å². The quantitative estimate of drug-likeness (QED) is 0.253. The van der Waals surface area contributed by atoms with Gasteiger partial charge in [0.05, 0.1) is 24.4 Å². The molecule has 0 aromatic heterocycles. The molecule has 0 aromatic carbocycles. The number of allylic oxidation sites excluding steroid dienone is 3. The fraction of sp³-hybridized carbons (Fsp3) is 0.704.